The number of rotatable bonds is 5. The maximum absolute atomic E-state index is 10.4. The van der Waals surface area contributed by atoms with Crippen molar-refractivity contribution in [3.8, 4) is 0 Å². The molecule has 0 aromatic carbocycles. The van der Waals surface area contributed by atoms with Crippen LogP contribution in [0.25, 0.3) is 0 Å². The SMILES string of the molecule is CCC1CCC(N(C)CC2CC(C(C)C)CCC2O)CC1. The van der Waals surface area contributed by atoms with Gasteiger partial charge in [0.05, 0.1) is 6.10 Å². The Kier molecular flexibility index (Phi) is 6.55. The monoisotopic (exact) mass is 295 g/mol. The summed E-state index contributed by atoms with van der Waals surface area (Å²) in [5.74, 6) is 3.06. The lowest BCUT2D eigenvalue weighted by Crippen LogP contribution is -2.43. The molecule has 2 aliphatic carbocycles. The lowest BCUT2D eigenvalue weighted by Gasteiger charge is -2.40. The third kappa shape index (κ3) is 4.69. The van der Waals surface area contributed by atoms with Crippen LogP contribution in [0.4, 0.5) is 0 Å². The molecular weight excluding hydrogens is 258 g/mol. The molecule has 0 radical (unpaired) electrons. The van der Waals surface area contributed by atoms with Crippen LogP contribution in [0.15, 0.2) is 0 Å². The first kappa shape index (κ1) is 17.3. The van der Waals surface area contributed by atoms with Gasteiger partial charge in [-0.25, -0.2) is 0 Å². The molecule has 0 spiro atoms. The average molecular weight is 296 g/mol. The van der Waals surface area contributed by atoms with Crippen molar-refractivity contribution in [2.75, 3.05) is 13.6 Å². The van der Waals surface area contributed by atoms with Crippen molar-refractivity contribution in [1.82, 2.24) is 4.90 Å². The number of nitrogens with zero attached hydrogens (tertiary/aromatic N) is 1. The summed E-state index contributed by atoms with van der Waals surface area (Å²) in [6.45, 7) is 8.12. The first-order chi connectivity index (χ1) is 10.0. The molecule has 124 valence electrons. The molecule has 0 aromatic heterocycles. The zero-order valence-electron chi connectivity index (χ0n) is 14.7. The van der Waals surface area contributed by atoms with E-state index in [-0.39, 0.29) is 6.10 Å². The average Bonchev–Trinajstić information content (AvgIpc) is 2.49. The molecule has 2 saturated carbocycles. The van der Waals surface area contributed by atoms with Gasteiger partial charge in [0.25, 0.3) is 0 Å². The maximum Gasteiger partial charge on any atom is 0.0580 e. The van der Waals surface area contributed by atoms with Crippen molar-refractivity contribution in [2.24, 2.45) is 23.7 Å². The molecule has 0 bridgehead atoms. The van der Waals surface area contributed by atoms with Gasteiger partial charge in [0.15, 0.2) is 0 Å². The highest BCUT2D eigenvalue weighted by molar-refractivity contribution is 4.85. The zero-order chi connectivity index (χ0) is 15.4. The second-order valence-electron chi connectivity index (χ2n) is 8.17. The van der Waals surface area contributed by atoms with Crippen molar-refractivity contribution >= 4 is 0 Å². The fraction of sp³-hybridized carbons (Fsp3) is 1.00. The second kappa shape index (κ2) is 7.97. The van der Waals surface area contributed by atoms with Crippen molar-refractivity contribution in [2.45, 2.75) is 84.3 Å². The number of aliphatic hydroxyl groups is 1. The van der Waals surface area contributed by atoms with Crippen LogP contribution in [0, 0.1) is 23.7 Å². The molecule has 3 atom stereocenters. The first-order valence-electron chi connectivity index (χ1n) is 9.39. The van der Waals surface area contributed by atoms with Crippen LogP contribution >= 0.6 is 0 Å². The van der Waals surface area contributed by atoms with Gasteiger partial charge in [-0.05, 0) is 75.7 Å². The Morgan fingerprint density at radius 3 is 2.29 bits per heavy atom. The quantitative estimate of drug-likeness (QED) is 0.816. The minimum atomic E-state index is -0.0607. The fourth-order valence-corrected chi connectivity index (χ4v) is 4.60. The molecular formula is C19H37NO. The van der Waals surface area contributed by atoms with Gasteiger partial charge >= 0.3 is 0 Å². The summed E-state index contributed by atoms with van der Waals surface area (Å²) < 4.78 is 0. The summed E-state index contributed by atoms with van der Waals surface area (Å²) in [7, 11) is 2.29. The molecule has 0 aliphatic heterocycles. The second-order valence-corrected chi connectivity index (χ2v) is 8.17. The molecule has 0 amide bonds. The summed E-state index contributed by atoms with van der Waals surface area (Å²) in [6, 6.07) is 0.763. The van der Waals surface area contributed by atoms with Gasteiger partial charge in [0.1, 0.15) is 0 Å². The van der Waals surface area contributed by atoms with E-state index in [2.05, 4.69) is 32.7 Å². The lowest BCUT2D eigenvalue weighted by molar-refractivity contribution is 0.0117. The minimum Gasteiger partial charge on any atom is -0.393 e. The third-order valence-corrected chi connectivity index (χ3v) is 6.47. The van der Waals surface area contributed by atoms with Crippen molar-refractivity contribution in [3.63, 3.8) is 0 Å². The highest BCUT2D eigenvalue weighted by atomic mass is 16.3. The topological polar surface area (TPSA) is 23.5 Å². The van der Waals surface area contributed by atoms with E-state index in [4.69, 9.17) is 0 Å². The van der Waals surface area contributed by atoms with Crippen LogP contribution < -0.4 is 0 Å². The number of hydrogen-bond acceptors (Lipinski definition) is 2. The van der Waals surface area contributed by atoms with E-state index in [1.54, 1.807) is 0 Å². The van der Waals surface area contributed by atoms with Crippen LogP contribution in [0.2, 0.25) is 0 Å². The van der Waals surface area contributed by atoms with Crippen LogP contribution in [0.5, 0.6) is 0 Å². The Morgan fingerprint density at radius 2 is 1.71 bits per heavy atom. The maximum atomic E-state index is 10.4. The van der Waals surface area contributed by atoms with E-state index in [1.807, 2.05) is 0 Å². The largest absolute Gasteiger partial charge is 0.393 e. The predicted molar refractivity (Wildman–Crippen MR) is 90.3 cm³/mol. The molecule has 1 N–H and O–H groups in total. The van der Waals surface area contributed by atoms with E-state index >= 15 is 0 Å². The number of hydrogen-bond donors (Lipinski definition) is 1. The van der Waals surface area contributed by atoms with Crippen LogP contribution in [-0.4, -0.2) is 35.7 Å². The first-order valence-corrected chi connectivity index (χ1v) is 9.39. The lowest BCUT2D eigenvalue weighted by atomic mass is 9.74. The summed E-state index contributed by atoms with van der Waals surface area (Å²) in [5.41, 5.74) is 0. The van der Waals surface area contributed by atoms with Gasteiger partial charge in [0, 0.05) is 12.6 Å². The van der Waals surface area contributed by atoms with E-state index in [0.29, 0.717) is 5.92 Å². The van der Waals surface area contributed by atoms with Crippen LogP contribution in [0.1, 0.15) is 72.1 Å². The van der Waals surface area contributed by atoms with Gasteiger partial charge in [-0.2, -0.15) is 0 Å². The van der Waals surface area contributed by atoms with Crippen LogP contribution in [-0.2, 0) is 0 Å². The molecule has 2 rings (SSSR count). The Morgan fingerprint density at radius 1 is 1.05 bits per heavy atom. The third-order valence-electron chi connectivity index (χ3n) is 6.47. The van der Waals surface area contributed by atoms with Crippen molar-refractivity contribution in [3.05, 3.63) is 0 Å². The molecule has 0 heterocycles. The van der Waals surface area contributed by atoms with Crippen molar-refractivity contribution in [1.29, 1.82) is 0 Å². The highest BCUT2D eigenvalue weighted by Crippen LogP contribution is 2.35. The Bertz CT molecular complexity index is 296. The van der Waals surface area contributed by atoms with E-state index in [0.717, 1.165) is 36.8 Å². The Balaban J connectivity index is 1.82. The highest BCUT2D eigenvalue weighted by Gasteiger charge is 2.33. The van der Waals surface area contributed by atoms with Crippen molar-refractivity contribution < 1.29 is 5.11 Å². The van der Waals surface area contributed by atoms with Gasteiger partial charge in [-0.15, -0.1) is 0 Å². The van der Waals surface area contributed by atoms with E-state index in [9.17, 15) is 5.11 Å². The zero-order valence-corrected chi connectivity index (χ0v) is 14.7. The number of aliphatic hydroxyl groups excluding tert-OH is 1. The van der Waals surface area contributed by atoms with Gasteiger partial charge in [0.2, 0.25) is 0 Å². The Hall–Kier alpha value is -0.0800. The van der Waals surface area contributed by atoms with Gasteiger partial charge < -0.3 is 10.0 Å². The van der Waals surface area contributed by atoms with Gasteiger partial charge in [-0.1, -0.05) is 27.2 Å². The fourth-order valence-electron chi connectivity index (χ4n) is 4.60. The molecule has 2 heteroatoms. The molecule has 2 aliphatic rings. The molecule has 21 heavy (non-hydrogen) atoms. The molecule has 3 unspecified atom stereocenters. The molecule has 2 fully saturated rings. The normalized spacial score (nSPS) is 38.1. The van der Waals surface area contributed by atoms with E-state index in [1.165, 1.54) is 44.9 Å². The Labute approximate surface area is 132 Å². The summed E-state index contributed by atoms with van der Waals surface area (Å²) in [6.07, 6.45) is 10.3. The summed E-state index contributed by atoms with van der Waals surface area (Å²) >= 11 is 0. The van der Waals surface area contributed by atoms with E-state index < -0.39 is 0 Å². The standard InChI is InChI=1S/C19H37NO/c1-5-15-6-9-18(10-7-15)20(4)13-17-12-16(14(2)3)8-11-19(17)21/h14-19,21H,5-13H2,1-4H3. The smallest absolute Gasteiger partial charge is 0.0580 e. The summed E-state index contributed by atoms with van der Waals surface area (Å²) in [4.78, 5) is 2.57. The summed E-state index contributed by atoms with van der Waals surface area (Å²) in [5, 5.41) is 10.4. The minimum absolute atomic E-state index is 0.0607. The van der Waals surface area contributed by atoms with Crippen LogP contribution in [0.3, 0.4) is 0 Å². The molecule has 2 nitrogen and oxygen atoms in total. The molecule has 0 aromatic rings. The van der Waals surface area contributed by atoms with Gasteiger partial charge in [-0.3, -0.25) is 0 Å². The molecule has 0 saturated heterocycles. The predicted octanol–water partition coefficient (Wildman–Crippen LogP) is 4.32.